The van der Waals surface area contributed by atoms with Crippen molar-refractivity contribution in [2.45, 2.75) is 6.54 Å². The van der Waals surface area contributed by atoms with E-state index in [1.54, 1.807) is 23.7 Å². The fourth-order valence-electron chi connectivity index (χ4n) is 4.69. The summed E-state index contributed by atoms with van der Waals surface area (Å²) >= 11 is 0. The monoisotopic (exact) mass is 495 g/mol. The lowest BCUT2D eigenvalue weighted by Crippen LogP contribution is -2.47. The van der Waals surface area contributed by atoms with E-state index in [4.69, 9.17) is 10.2 Å². The predicted molar refractivity (Wildman–Crippen MR) is 129 cm³/mol. The molecular formula is C23H23F2N9O2. The first-order valence-corrected chi connectivity index (χ1v) is 11.5. The first-order chi connectivity index (χ1) is 17.4. The zero-order valence-corrected chi connectivity index (χ0v) is 19.4. The fraction of sp³-hybridized carbons (Fsp3) is 0.304. The van der Waals surface area contributed by atoms with Crippen LogP contribution < -0.4 is 16.3 Å². The summed E-state index contributed by atoms with van der Waals surface area (Å²) in [7, 11) is 1.66. The Bertz CT molecular complexity index is 1630. The number of nitrogens with zero attached hydrogens (tertiary/aromatic N) is 8. The molecule has 0 atom stereocenters. The maximum atomic E-state index is 14.2. The average molecular weight is 495 g/mol. The molecule has 1 aromatic carbocycles. The molecule has 1 aliphatic rings. The third-order valence-electron chi connectivity index (χ3n) is 6.58. The van der Waals surface area contributed by atoms with Gasteiger partial charge in [0.25, 0.3) is 0 Å². The third-order valence-corrected chi connectivity index (χ3v) is 6.58. The third kappa shape index (κ3) is 3.59. The van der Waals surface area contributed by atoms with E-state index in [2.05, 4.69) is 20.0 Å². The van der Waals surface area contributed by atoms with Crippen molar-refractivity contribution in [2.75, 3.05) is 43.4 Å². The van der Waals surface area contributed by atoms with Crippen LogP contribution in [0.2, 0.25) is 0 Å². The van der Waals surface area contributed by atoms with Crippen LogP contribution in [0, 0.1) is 11.6 Å². The SMILES string of the molecule is Cn1c(=O)n(CCN2CCN(c3ccc(F)cc3F)CC2)c2nc(N)n3nc(-c4ccco4)nc3c21. The molecule has 2 N–H and O–H groups in total. The molecule has 0 spiro atoms. The quantitative estimate of drug-likeness (QED) is 0.392. The van der Waals surface area contributed by atoms with Crippen molar-refractivity contribution in [3.8, 4) is 11.6 Å². The van der Waals surface area contributed by atoms with Gasteiger partial charge in [0.1, 0.15) is 17.2 Å². The number of hydrogen-bond acceptors (Lipinski definition) is 8. The van der Waals surface area contributed by atoms with Crippen molar-refractivity contribution in [1.82, 2.24) is 33.6 Å². The topological polar surface area (TPSA) is 116 Å². The lowest BCUT2D eigenvalue weighted by Gasteiger charge is -2.36. The highest BCUT2D eigenvalue weighted by atomic mass is 19.1. The molecule has 0 unspecified atom stereocenters. The van der Waals surface area contributed by atoms with E-state index in [1.807, 2.05) is 4.90 Å². The number of furan rings is 1. The molecule has 0 amide bonds. The van der Waals surface area contributed by atoms with Gasteiger partial charge >= 0.3 is 5.69 Å². The van der Waals surface area contributed by atoms with Crippen molar-refractivity contribution in [3.63, 3.8) is 0 Å². The zero-order chi connectivity index (χ0) is 25.0. The number of aromatic nitrogens is 6. The van der Waals surface area contributed by atoms with Crippen molar-refractivity contribution in [3.05, 3.63) is 58.7 Å². The summed E-state index contributed by atoms with van der Waals surface area (Å²) in [5.74, 6) is -0.223. The van der Waals surface area contributed by atoms with Crippen LogP contribution in [0.15, 0.2) is 45.8 Å². The van der Waals surface area contributed by atoms with E-state index >= 15 is 0 Å². The summed E-state index contributed by atoms with van der Waals surface area (Å²) in [6.07, 6.45) is 1.53. The Labute approximate surface area is 203 Å². The smallest absolute Gasteiger partial charge is 0.330 e. The average Bonchev–Trinajstić information content (AvgIpc) is 3.59. The zero-order valence-electron chi connectivity index (χ0n) is 19.4. The molecule has 5 aromatic rings. The van der Waals surface area contributed by atoms with E-state index in [9.17, 15) is 13.6 Å². The van der Waals surface area contributed by atoms with Gasteiger partial charge in [0.2, 0.25) is 11.8 Å². The van der Waals surface area contributed by atoms with Gasteiger partial charge in [-0.1, -0.05) is 0 Å². The maximum absolute atomic E-state index is 14.2. The highest BCUT2D eigenvalue weighted by Gasteiger charge is 2.23. The van der Waals surface area contributed by atoms with Crippen molar-refractivity contribution in [1.29, 1.82) is 0 Å². The summed E-state index contributed by atoms with van der Waals surface area (Å²) < 4.78 is 37.3. The van der Waals surface area contributed by atoms with Crippen LogP contribution in [0.1, 0.15) is 0 Å². The minimum absolute atomic E-state index is 0.108. The molecule has 1 aliphatic heterocycles. The van der Waals surface area contributed by atoms with Crippen molar-refractivity contribution in [2.24, 2.45) is 7.05 Å². The number of benzene rings is 1. The number of imidazole rings is 1. The van der Waals surface area contributed by atoms with Crippen molar-refractivity contribution < 1.29 is 13.2 Å². The number of halogens is 2. The number of hydrogen-bond donors (Lipinski definition) is 1. The molecule has 36 heavy (non-hydrogen) atoms. The Morgan fingerprint density at radius 2 is 1.86 bits per heavy atom. The first-order valence-electron chi connectivity index (χ1n) is 11.5. The number of aryl methyl sites for hydroxylation is 1. The minimum atomic E-state index is -0.592. The van der Waals surface area contributed by atoms with E-state index in [-0.39, 0.29) is 11.6 Å². The molecule has 5 heterocycles. The molecule has 1 saturated heterocycles. The number of fused-ring (bicyclic) bond motifs is 3. The van der Waals surface area contributed by atoms with Crippen LogP contribution in [-0.4, -0.2) is 66.3 Å². The van der Waals surface area contributed by atoms with Gasteiger partial charge in [-0.15, -0.1) is 5.10 Å². The van der Waals surface area contributed by atoms with Crippen LogP contribution >= 0.6 is 0 Å². The molecule has 13 heteroatoms. The van der Waals surface area contributed by atoms with Gasteiger partial charge in [-0.3, -0.25) is 14.0 Å². The van der Waals surface area contributed by atoms with E-state index in [1.165, 1.54) is 27.5 Å². The molecule has 4 aromatic heterocycles. The van der Waals surface area contributed by atoms with Crippen LogP contribution in [0.25, 0.3) is 28.4 Å². The van der Waals surface area contributed by atoms with Gasteiger partial charge in [0.15, 0.2) is 17.1 Å². The summed E-state index contributed by atoms with van der Waals surface area (Å²) in [4.78, 5) is 26.2. The maximum Gasteiger partial charge on any atom is 0.330 e. The largest absolute Gasteiger partial charge is 0.461 e. The van der Waals surface area contributed by atoms with Gasteiger partial charge in [-0.25, -0.2) is 18.6 Å². The molecular weight excluding hydrogens is 472 g/mol. The summed E-state index contributed by atoms with van der Waals surface area (Å²) in [5.41, 5.74) is 7.70. The van der Waals surface area contributed by atoms with Crippen LogP contribution in [-0.2, 0) is 13.6 Å². The van der Waals surface area contributed by atoms with Crippen LogP contribution in [0.3, 0.4) is 0 Å². The number of nitrogens with two attached hydrogens (primary N) is 1. The normalized spacial score (nSPS) is 14.9. The number of nitrogen functional groups attached to an aromatic ring is 1. The highest BCUT2D eigenvalue weighted by molar-refractivity contribution is 5.88. The molecule has 0 aliphatic carbocycles. The molecule has 0 saturated carbocycles. The second-order valence-corrected chi connectivity index (χ2v) is 8.71. The van der Waals surface area contributed by atoms with Crippen LogP contribution in [0.4, 0.5) is 20.4 Å². The molecule has 0 radical (unpaired) electrons. The molecule has 6 rings (SSSR count). The van der Waals surface area contributed by atoms with Gasteiger partial charge in [0, 0.05) is 52.4 Å². The summed E-state index contributed by atoms with van der Waals surface area (Å²) in [6.45, 7) is 3.51. The van der Waals surface area contributed by atoms with Crippen LogP contribution in [0.5, 0.6) is 0 Å². The molecule has 11 nitrogen and oxygen atoms in total. The lowest BCUT2D eigenvalue weighted by atomic mass is 10.2. The van der Waals surface area contributed by atoms with Gasteiger partial charge < -0.3 is 15.1 Å². The van der Waals surface area contributed by atoms with Gasteiger partial charge in [-0.2, -0.15) is 9.50 Å². The van der Waals surface area contributed by atoms with Gasteiger partial charge in [-0.05, 0) is 24.3 Å². The number of piperazine rings is 1. The Morgan fingerprint density at radius 3 is 2.58 bits per heavy atom. The van der Waals surface area contributed by atoms with E-state index in [0.717, 1.165) is 6.07 Å². The second kappa shape index (κ2) is 8.45. The minimum Gasteiger partial charge on any atom is -0.461 e. The highest BCUT2D eigenvalue weighted by Crippen LogP contribution is 2.24. The van der Waals surface area contributed by atoms with E-state index in [0.29, 0.717) is 73.4 Å². The van der Waals surface area contributed by atoms with Gasteiger partial charge in [0.05, 0.1) is 12.0 Å². The van der Waals surface area contributed by atoms with Crippen molar-refractivity contribution >= 4 is 28.4 Å². The lowest BCUT2D eigenvalue weighted by molar-refractivity contribution is 0.247. The molecule has 186 valence electrons. The Hall–Kier alpha value is -4.26. The predicted octanol–water partition coefficient (Wildman–Crippen LogP) is 1.72. The summed E-state index contributed by atoms with van der Waals surface area (Å²) in [5, 5.41) is 4.39. The standard InChI is InChI=1S/C23H23F2N9O2/c1-30-18-20(28-22(26)34-21(18)27-19(29-34)17-3-2-12-36-17)33(23(30)35)11-8-31-6-9-32(10-7-31)16-5-4-14(24)13-15(16)25/h2-5,12-13H,6-11H2,1H3,(H2,26,28). The Morgan fingerprint density at radius 1 is 1.06 bits per heavy atom. The first kappa shape index (κ1) is 22.2. The molecule has 0 bridgehead atoms. The molecule has 1 fully saturated rings. The second-order valence-electron chi connectivity index (χ2n) is 8.71. The summed E-state index contributed by atoms with van der Waals surface area (Å²) in [6, 6.07) is 7.11. The Kier molecular flexibility index (Phi) is 5.21. The number of rotatable bonds is 5. The van der Waals surface area contributed by atoms with E-state index < -0.39 is 11.6 Å². The number of anilines is 2. The Balaban J connectivity index is 1.24. The fourth-order valence-corrected chi connectivity index (χ4v) is 4.69.